The molecule has 0 saturated heterocycles. The zero-order valence-electron chi connectivity index (χ0n) is 11.7. The van der Waals surface area contributed by atoms with Crippen LogP contribution in [-0.2, 0) is 14.3 Å². The van der Waals surface area contributed by atoms with E-state index >= 15 is 0 Å². The molecule has 0 heterocycles. The number of esters is 1. The second kappa shape index (κ2) is 14.9. The van der Waals surface area contributed by atoms with Gasteiger partial charge in [0, 0.05) is 12.8 Å². The van der Waals surface area contributed by atoms with E-state index in [-0.39, 0.29) is 5.97 Å². The van der Waals surface area contributed by atoms with Gasteiger partial charge in [0.15, 0.2) is 5.90 Å². The van der Waals surface area contributed by atoms with Crippen molar-refractivity contribution in [1.29, 1.82) is 5.41 Å². The summed E-state index contributed by atoms with van der Waals surface area (Å²) in [7, 11) is 0. The highest BCUT2D eigenvalue weighted by molar-refractivity contribution is 5.72. The van der Waals surface area contributed by atoms with Gasteiger partial charge in [0.25, 0.3) is 0 Å². The predicted octanol–water partition coefficient (Wildman–Crippen LogP) is 3.54. The fourth-order valence-corrected chi connectivity index (χ4v) is 1.21. The van der Waals surface area contributed by atoms with Gasteiger partial charge in [-0.25, -0.2) is 0 Å². The van der Waals surface area contributed by atoms with Gasteiger partial charge in [-0.15, -0.1) is 0 Å². The summed E-state index contributed by atoms with van der Waals surface area (Å²) >= 11 is 0. The van der Waals surface area contributed by atoms with Gasteiger partial charge in [-0.1, -0.05) is 20.3 Å². The molecule has 0 aromatic rings. The van der Waals surface area contributed by atoms with E-state index in [4.69, 9.17) is 14.9 Å². The number of ether oxygens (including phenoxy) is 2. The fourth-order valence-electron chi connectivity index (χ4n) is 1.21. The number of rotatable bonds is 8. The van der Waals surface area contributed by atoms with E-state index in [1.165, 1.54) is 0 Å². The van der Waals surface area contributed by atoms with Gasteiger partial charge in [-0.05, 0) is 26.7 Å². The molecule has 0 spiro atoms. The monoisotopic (exact) mass is 245 g/mol. The van der Waals surface area contributed by atoms with Crippen molar-refractivity contribution in [3.63, 3.8) is 0 Å². The first-order valence-corrected chi connectivity index (χ1v) is 6.56. The van der Waals surface area contributed by atoms with E-state index < -0.39 is 0 Å². The molecule has 0 bridgehead atoms. The summed E-state index contributed by atoms with van der Waals surface area (Å²) < 4.78 is 9.80. The van der Waals surface area contributed by atoms with Crippen molar-refractivity contribution in [2.45, 2.75) is 59.8 Å². The Labute approximate surface area is 105 Å². The van der Waals surface area contributed by atoms with Crippen LogP contribution >= 0.6 is 0 Å². The molecule has 102 valence electrons. The molecular formula is C13H27NO3. The number of nitrogens with one attached hydrogen (secondary N) is 1. The van der Waals surface area contributed by atoms with Crippen molar-refractivity contribution in [2.24, 2.45) is 0 Å². The quantitative estimate of drug-likeness (QED) is 0.308. The maximum Gasteiger partial charge on any atom is 0.305 e. The molecule has 0 rings (SSSR count). The summed E-state index contributed by atoms with van der Waals surface area (Å²) in [5.41, 5.74) is 0. The number of unbranched alkanes of at least 4 members (excludes halogenated alkanes) is 2. The molecule has 0 unspecified atom stereocenters. The molecule has 0 saturated carbocycles. The summed E-state index contributed by atoms with van der Waals surface area (Å²) in [5, 5.41) is 7.36. The Morgan fingerprint density at radius 2 is 1.47 bits per heavy atom. The summed E-state index contributed by atoms with van der Waals surface area (Å²) in [6.07, 6.45) is 3.82. The van der Waals surface area contributed by atoms with Crippen molar-refractivity contribution in [3.8, 4) is 0 Å². The first-order valence-electron chi connectivity index (χ1n) is 6.56. The fraction of sp³-hybridized carbons (Fsp3) is 0.846. The van der Waals surface area contributed by atoms with Crippen molar-refractivity contribution >= 4 is 11.9 Å². The topological polar surface area (TPSA) is 59.4 Å². The first-order chi connectivity index (χ1) is 8.20. The van der Waals surface area contributed by atoms with Crippen LogP contribution in [0.4, 0.5) is 0 Å². The third-order valence-corrected chi connectivity index (χ3v) is 1.91. The lowest BCUT2D eigenvalue weighted by atomic mass is 10.1. The van der Waals surface area contributed by atoms with Gasteiger partial charge in [0.05, 0.1) is 13.2 Å². The van der Waals surface area contributed by atoms with Crippen LogP contribution in [0, 0.1) is 5.41 Å². The minimum Gasteiger partial charge on any atom is -0.481 e. The normalized spacial score (nSPS) is 8.94. The maximum atomic E-state index is 11.0. The van der Waals surface area contributed by atoms with Crippen LogP contribution in [0.3, 0.4) is 0 Å². The second-order valence-corrected chi connectivity index (χ2v) is 3.22. The molecule has 1 N–H and O–H groups in total. The van der Waals surface area contributed by atoms with Gasteiger partial charge in [-0.3, -0.25) is 10.2 Å². The molecule has 0 aliphatic heterocycles. The molecule has 0 radical (unpaired) electrons. The van der Waals surface area contributed by atoms with Crippen LogP contribution in [0.25, 0.3) is 0 Å². The van der Waals surface area contributed by atoms with Crippen LogP contribution in [-0.4, -0.2) is 25.1 Å². The molecule has 4 nitrogen and oxygen atoms in total. The van der Waals surface area contributed by atoms with E-state index in [0.29, 0.717) is 32.0 Å². The molecule has 0 fully saturated rings. The van der Waals surface area contributed by atoms with Gasteiger partial charge in [-0.2, -0.15) is 0 Å². The van der Waals surface area contributed by atoms with Crippen LogP contribution in [0.1, 0.15) is 59.8 Å². The maximum absolute atomic E-state index is 11.0. The summed E-state index contributed by atoms with van der Waals surface area (Å²) in [6.45, 7) is 8.69. The Morgan fingerprint density at radius 1 is 0.941 bits per heavy atom. The van der Waals surface area contributed by atoms with Gasteiger partial charge in [0.1, 0.15) is 0 Å². The van der Waals surface area contributed by atoms with Crippen LogP contribution in [0.15, 0.2) is 0 Å². The lowest BCUT2D eigenvalue weighted by Gasteiger charge is -2.04. The Morgan fingerprint density at radius 3 is 2.00 bits per heavy atom. The first kappa shape index (κ1) is 18.3. The number of hydrogen-bond acceptors (Lipinski definition) is 4. The molecule has 17 heavy (non-hydrogen) atoms. The van der Waals surface area contributed by atoms with Crippen molar-refractivity contribution in [3.05, 3.63) is 0 Å². The van der Waals surface area contributed by atoms with Crippen LogP contribution in [0.2, 0.25) is 0 Å². The minimum absolute atomic E-state index is 0.127. The lowest BCUT2D eigenvalue weighted by Crippen LogP contribution is -2.04. The van der Waals surface area contributed by atoms with Crippen molar-refractivity contribution in [2.75, 3.05) is 13.2 Å². The smallest absolute Gasteiger partial charge is 0.305 e. The van der Waals surface area contributed by atoms with Gasteiger partial charge in [0.2, 0.25) is 0 Å². The van der Waals surface area contributed by atoms with Crippen LogP contribution in [0.5, 0.6) is 0 Å². The standard InChI is InChI=1S/C11H21NO3.C2H6/c1-3-14-10(12)8-6-5-7-9-11(13)15-4-2;1-2/h12H,3-9H2,1-2H3;1-2H3. The Hall–Kier alpha value is -1.06. The van der Waals surface area contributed by atoms with Crippen molar-refractivity contribution in [1.82, 2.24) is 0 Å². The highest BCUT2D eigenvalue weighted by Crippen LogP contribution is 2.05. The Kier molecular flexibility index (Phi) is 16.1. The Bertz CT molecular complexity index is 173. The largest absolute Gasteiger partial charge is 0.481 e. The van der Waals surface area contributed by atoms with E-state index in [9.17, 15) is 4.79 Å². The zero-order chi connectivity index (χ0) is 13.5. The van der Waals surface area contributed by atoms with E-state index in [2.05, 4.69) is 0 Å². The van der Waals surface area contributed by atoms with E-state index in [0.717, 1.165) is 19.3 Å². The average Bonchev–Trinajstić information content (AvgIpc) is 2.32. The van der Waals surface area contributed by atoms with Gasteiger partial charge >= 0.3 is 5.97 Å². The number of carbonyl (C=O) groups excluding carboxylic acids is 1. The van der Waals surface area contributed by atoms with Gasteiger partial charge < -0.3 is 9.47 Å². The molecule has 0 atom stereocenters. The zero-order valence-corrected chi connectivity index (χ0v) is 11.7. The van der Waals surface area contributed by atoms with Crippen molar-refractivity contribution < 1.29 is 14.3 Å². The number of carbonyl (C=O) groups is 1. The SMILES string of the molecule is CC.CCOC(=N)CCCCCC(=O)OCC. The van der Waals surface area contributed by atoms with E-state index in [1.54, 1.807) is 6.92 Å². The average molecular weight is 245 g/mol. The van der Waals surface area contributed by atoms with E-state index in [1.807, 2.05) is 20.8 Å². The molecule has 0 aromatic carbocycles. The third-order valence-electron chi connectivity index (χ3n) is 1.91. The minimum atomic E-state index is -0.127. The highest BCUT2D eigenvalue weighted by atomic mass is 16.5. The number of hydrogen-bond donors (Lipinski definition) is 1. The summed E-state index contributed by atoms with van der Waals surface area (Å²) in [4.78, 5) is 11.0. The highest BCUT2D eigenvalue weighted by Gasteiger charge is 2.01. The predicted molar refractivity (Wildman–Crippen MR) is 70.4 cm³/mol. The molecule has 0 aliphatic rings. The second-order valence-electron chi connectivity index (χ2n) is 3.22. The summed E-state index contributed by atoms with van der Waals surface area (Å²) in [5.74, 6) is 0.214. The lowest BCUT2D eigenvalue weighted by molar-refractivity contribution is -0.143. The molecular weight excluding hydrogens is 218 g/mol. The summed E-state index contributed by atoms with van der Waals surface area (Å²) in [6, 6.07) is 0. The Balaban J connectivity index is 0. The molecule has 4 heteroatoms. The third kappa shape index (κ3) is 14.9. The molecule has 0 aliphatic carbocycles. The molecule has 0 amide bonds. The molecule has 0 aromatic heterocycles. The van der Waals surface area contributed by atoms with Crippen LogP contribution < -0.4 is 0 Å².